The third-order valence-electron chi connectivity index (χ3n) is 4.78. The van der Waals surface area contributed by atoms with E-state index >= 15 is 0 Å². The highest BCUT2D eigenvalue weighted by Gasteiger charge is 2.20. The number of nitriles is 1. The molecule has 1 unspecified atom stereocenters. The Balaban J connectivity index is 1.48. The highest BCUT2D eigenvalue weighted by atomic mass is 32.1. The Bertz CT molecular complexity index is 1060. The highest BCUT2D eigenvalue weighted by Crippen LogP contribution is 2.33. The molecule has 0 bridgehead atoms. The SMILES string of the molecule is N#Cc1ccc(OCC(O)Cn2cnc3sc4c(c3c2=O)CCCC4)cc1. The zero-order chi connectivity index (χ0) is 18.8. The molecule has 7 heteroatoms. The van der Waals surface area contributed by atoms with E-state index in [9.17, 15) is 9.90 Å². The third-order valence-corrected chi connectivity index (χ3v) is 5.97. The lowest BCUT2D eigenvalue weighted by Gasteiger charge is -2.14. The zero-order valence-corrected chi connectivity index (χ0v) is 15.5. The van der Waals surface area contributed by atoms with Gasteiger partial charge in [-0.25, -0.2) is 4.98 Å². The summed E-state index contributed by atoms with van der Waals surface area (Å²) >= 11 is 1.62. The standard InChI is InChI=1S/C20H19N3O3S/c21-9-13-5-7-15(8-6-13)26-11-14(24)10-23-12-22-19-18(20(23)25)16-3-1-2-4-17(16)27-19/h5-8,12,14,24H,1-4,10-11H2. The fraction of sp³-hybridized carbons (Fsp3) is 0.350. The number of benzene rings is 1. The Morgan fingerprint density at radius 1 is 1.30 bits per heavy atom. The van der Waals surface area contributed by atoms with Crippen molar-refractivity contribution in [3.05, 3.63) is 57.0 Å². The summed E-state index contributed by atoms with van der Waals surface area (Å²) in [5.41, 5.74) is 1.61. The van der Waals surface area contributed by atoms with Crippen molar-refractivity contribution in [2.75, 3.05) is 6.61 Å². The van der Waals surface area contributed by atoms with Crippen molar-refractivity contribution in [1.29, 1.82) is 5.26 Å². The van der Waals surface area contributed by atoms with Crippen LogP contribution in [-0.4, -0.2) is 27.4 Å². The number of fused-ring (bicyclic) bond motifs is 3. The van der Waals surface area contributed by atoms with Crippen molar-refractivity contribution in [3.8, 4) is 11.8 Å². The van der Waals surface area contributed by atoms with E-state index in [0.29, 0.717) is 11.3 Å². The van der Waals surface area contributed by atoms with Gasteiger partial charge in [-0.2, -0.15) is 5.26 Å². The third kappa shape index (κ3) is 3.59. The Labute approximate surface area is 160 Å². The number of aliphatic hydroxyl groups excluding tert-OH is 1. The molecular weight excluding hydrogens is 362 g/mol. The van der Waals surface area contributed by atoms with Crippen molar-refractivity contribution in [3.63, 3.8) is 0 Å². The van der Waals surface area contributed by atoms with Crippen molar-refractivity contribution >= 4 is 21.6 Å². The van der Waals surface area contributed by atoms with E-state index in [1.165, 1.54) is 22.2 Å². The molecule has 1 atom stereocenters. The number of aliphatic hydroxyl groups is 1. The first-order chi connectivity index (χ1) is 13.2. The second-order valence-corrected chi connectivity index (χ2v) is 7.78. The molecule has 1 N–H and O–H groups in total. The van der Waals surface area contributed by atoms with Crippen LogP contribution in [0.1, 0.15) is 28.8 Å². The molecule has 4 rings (SSSR count). The van der Waals surface area contributed by atoms with Gasteiger partial charge in [0.05, 0.1) is 29.9 Å². The maximum atomic E-state index is 12.9. The molecule has 0 aliphatic heterocycles. The van der Waals surface area contributed by atoms with Gasteiger partial charge in [-0.1, -0.05) is 0 Å². The molecule has 0 fully saturated rings. The lowest BCUT2D eigenvalue weighted by molar-refractivity contribution is 0.0915. The number of nitrogens with zero attached hydrogens (tertiary/aromatic N) is 3. The van der Waals surface area contributed by atoms with E-state index in [4.69, 9.17) is 10.00 Å². The Kier molecular flexibility index (Phi) is 4.92. The van der Waals surface area contributed by atoms with Gasteiger partial charge in [0.1, 0.15) is 23.3 Å². The van der Waals surface area contributed by atoms with E-state index < -0.39 is 6.10 Å². The molecule has 3 aromatic rings. The van der Waals surface area contributed by atoms with Gasteiger partial charge in [-0.3, -0.25) is 9.36 Å². The quantitative estimate of drug-likeness (QED) is 0.734. The van der Waals surface area contributed by atoms with Crippen LogP contribution in [0.2, 0.25) is 0 Å². The first-order valence-electron chi connectivity index (χ1n) is 8.96. The molecule has 1 aliphatic carbocycles. The number of rotatable bonds is 5. The number of aromatic nitrogens is 2. The van der Waals surface area contributed by atoms with Crippen LogP contribution in [0.4, 0.5) is 0 Å². The molecule has 1 aromatic carbocycles. The average molecular weight is 381 g/mol. The van der Waals surface area contributed by atoms with Crippen molar-refractivity contribution < 1.29 is 9.84 Å². The van der Waals surface area contributed by atoms with Gasteiger partial charge in [0.2, 0.25) is 0 Å². The van der Waals surface area contributed by atoms with Crippen LogP contribution in [-0.2, 0) is 19.4 Å². The van der Waals surface area contributed by atoms with Gasteiger partial charge < -0.3 is 9.84 Å². The summed E-state index contributed by atoms with van der Waals surface area (Å²) in [4.78, 5) is 19.4. The average Bonchev–Trinajstić information content (AvgIpc) is 3.08. The molecule has 0 saturated heterocycles. The van der Waals surface area contributed by atoms with Gasteiger partial charge in [-0.15, -0.1) is 11.3 Å². The molecule has 27 heavy (non-hydrogen) atoms. The minimum absolute atomic E-state index is 0.0537. The topological polar surface area (TPSA) is 88.1 Å². The lowest BCUT2D eigenvalue weighted by Crippen LogP contribution is -2.30. The number of hydrogen-bond acceptors (Lipinski definition) is 6. The molecule has 0 radical (unpaired) electrons. The van der Waals surface area contributed by atoms with Crippen LogP contribution in [0.3, 0.4) is 0 Å². The second kappa shape index (κ2) is 7.51. The molecule has 2 heterocycles. The van der Waals surface area contributed by atoms with Crippen molar-refractivity contribution in [1.82, 2.24) is 9.55 Å². The van der Waals surface area contributed by atoms with Gasteiger partial charge in [0, 0.05) is 4.88 Å². The summed E-state index contributed by atoms with van der Waals surface area (Å²) in [6.07, 6.45) is 4.90. The van der Waals surface area contributed by atoms with E-state index in [2.05, 4.69) is 4.98 Å². The minimum atomic E-state index is -0.841. The molecule has 6 nitrogen and oxygen atoms in total. The maximum Gasteiger partial charge on any atom is 0.262 e. The summed E-state index contributed by atoms with van der Waals surface area (Å²) < 4.78 is 7.02. The van der Waals surface area contributed by atoms with E-state index in [1.807, 2.05) is 6.07 Å². The summed E-state index contributed by atoms with van der Waals surface area (Å²) in [6.45, 7) is 0.181. The fourth-order valence-electron chi connectivity index (χ4n) is 3.41. The van der Waals surface area contributed by atoms with Crippen LogP contribution < -0.4 is 10.3 Å². The van der Waals surface area contributed by atoms with Crippen LogP contribution in [0.25, 0.3) is 10.2 Å². The molecule has 0 saturated carbocycles. The predicted molar refractivity (Wildman–Crippen MR) is 103 cm³/mol. The second-order valence-electron chi connectivity index (χ2n) is 6.69. The van der Waals surface area contributed by atoms with Crippen LogP contribution in [0, 0.1) is 11.3 Å². The minimum Gasteiger partial charge on any atom is -0.491 e. The molecular formula is C20H19N3O3S. The van der Waals surface area contributed by atoms with E-state index in [0.717, 1.165) is 35.0 Å². The number of thiophene rings is 1. The summed E-state index contributed by atoms with van der Waals surface area (Å²) in [5, 5.41) is 19.8. The van der Waals surface area contributed by atoms with Gasteiger partial charge >= 0.3 is 0 Å². The summed E-state index contributed by atoms with van der Waals surface area (Å²) in [5.74, 6) is 0.570. The Morgan fingerprint density at radius 2 is 2.07 bits per heavy atom. The van der Waals surface area contributed by atoms with Gasteiger partial charge in [0.25, 0.3) is 5.56 Å². The zero-order valence-electron chi connectivity index (χ0n) is 14.7. The predicted octanol–water partition coefficient (Wildman–Crippen LogP) is 2.65. The molecule has 1 aliphatic rings. The van der Waals surface area contributed by atoms with Crippen LogP contribution in [0.5, 0.6) is 5.75 Å². The molecule has 0 spiro atoms. The Morgan fingerprint density at radius 3 is 2.85 bits per heavy atom. The van der Waals surface area contributed by atoms with Crippen LogP contribution >= 0.6 is 11.3 Å². The molecule has 138 valence electrons. The fourth-order valence-corrected chi connectivity index (χ4v) is 4.63. The summed E-state index contributed by atoms with van der Waals surface area (Å²) in [7, 11) is 0. The molecule has 0 amide bonds. The van der Waals surface area contributed by atoms with E-state index in [1.54, 1.807) is 35.6 Å². The largest absolute Gasteiger partial charge is 0.491 e. The van der Waals surface area contributed by atoms with Gasteiger partial charge in [0.15, 0.2) is 0 Å². The Hall–Kier alpha value is -2.69. The first kappa shape index (κ1) is 17.7. The number of hydrogen-bond donors (Lipinski definition) is 1. The number of aryl methyl sites for hydroxylation is 2. The van der Waals surface area contributed by atoms with Crippen LogP contribution in [0.15, 0.2) is 35.4 Å². The maximum absolute atomic E-state index is 12.9. The lowest BCUT2D eigenvalue weighted by atomic mass is 9.97. The van der Waals surface area contributed by atoms with Crippen molar-refractivity contribution in [2.45, 2.75) is 38.3 Å². The molecule has 2 aromatic heterocycles. The van der Waals surface area contributed by atoms with Gasteiger partial charge in [-0.05, 0) is 55.5 Å². The number of ether oxygens (including phenoxy) is 1. The first-order valence-corrected chi connectivity index (χ1v) is 9.78. The van der Waals surface area contributed by atoms with E-state index in [-0.39, 0.29) is 18.7 Å². The summed E-state index contributed by atoms with van der Waals surface area (Å²) in [6, 6.07) is 8.72. The smallest absolute Gasteiger partial charge is 0.262 e. The highest BCUT2D eigenvalue weighted by molar-refractivity contribution is 7.18. The van der Waals surface area contributed by atoms with Crippen molar-refractivity contribution in [2.24, 2.45) is 0 Å². The normalized spacial score (nSPS) is 14.5. The monoisotopic (exact) mass is 381 g/mol.